The summed E-state index contributed by atoms with van der Waals surface area (Å²) in [6, 6.07) is 17.6. The third-order valence-electron chi connectivity index (χ3n) is 5.81. The fourth-order valence-electron chi connectivity index (χ4n) is 4.28. The number of hydrogen-bond donors (Lipinski definition) is 0. The fraction of sp³-hybridized carbons (Fsp3) is 0.292. The molecule has 0 N–H and O–H groups in total. The van der Waals surface area contributed by atoms with Gasteiger partial charge in [-0.15, -0.1) is 0 Å². The Balaban J connectivity index is 1.34. The van der Waals surface area contributed by atoms with E-state index in [0.717, 1.165) is 46.9 Å². The highest BCUT2D eigenvalue weighted by atomic mass is 16.3. The van der Waals surface area contributed by atoms with Gasteiger partial charge in [0, 0.05) is 24.7 Å². The molecule has 0 unspecified atom stereocenters. The number of nitrogens with zero attached hydrogens (tertiary/aromatic N) is 4. The summed E-state index contributed by atoms with van der Waals surface area (Å²) in [6.45, 7) is 5.35. The molecule has 1 aliphatic heterocycles. The molecule has 1 saturated heterocycles. The van der Waals surface area contributed by atoms with E-state index in [1.54, 1.807) is 0 Å². The van der Waals surface area contributed by atoms with Gasteiger partial charge in [0.25, 0.3) is 5.91 Å². The highest BCUT2D eigenvalue weighted by Gasteiger charge is 2.28. The normalized spacial score (nSPS) is 15.1. The molecule has 0 saturated carbocycles. The van der Waals surface area contributed by atoms with E-state index < -0.39 is 0 Å². The van der Waals surface area contributed by atoms with Crippen molar-refractivity contribution in [3.63, 3.8) is 0 Å². The zero-order chi connectivity index (χ0) is 20.7. The molecule has 0 radical (unpaired) electrons. The molecule has 2 aromatic carbocycles. The summed E-state index contributed by atoms with van der Waals surface area (Å²) in [5.74, 6) is 1.08. The lowest BCUT2D eigenvalue weighted by Crippen LogP contribution is -2.38. The van der Waals surface area contributed by atoms with E-state index in [9.17, 15) is 4.79 Å². The number of carbonyl (C=O) groups excluding carboxylic acids is 1. The minimum absolute atomic E-state index is 0.0502. The van der Waals surface area contributed by atoms with E-state index in [1.807, 2.05) is 78.0 Å². The number of amides is 1. The topological polar surface area (TPSA) is 64.2 Å². The first-order valence-electron chi connectivity index (χ1n) is 10.4. The maximum absolute atomic E-state index is 13.3. The summed E-state index contributed by atoms with van der Waals surface area (Å²) in [6.07, 6.45) is 1.70. The number of aryl methyl sites for hydroxylation is 2. The number of benzene rings is 2. The summed E-state index contributed by atoms with van der Waals surface area (Å²) in [7, 11) is 0. The molecular weight excluding hydrogens is 376 g/mol. The number of para-hydroxylation sites is 3. The van der Waals surface area contributed by atoms with Crippen LogP contribution < -0.4 is 0 Å². The van der Waals surface area contributed by atoms with Crippen molar-refractivity contribution in [3.8, 4) is 5.69 Å². The lowest BCUT2D eigenvalue weighted by Gasteiger charge is -2.31. The Morgan fingerprint density at radius 1 is 1.03 bits per heavy atom. The third kappa shape index (κ3) is 3.28. The van der Waals surface area contributed by atoms with Crippen molar-refractivity contribution >= 4 is 17.0 Å². The van der Waals surface area contributed by atoms with Gasteiger partial charge in [-0.05, 0) is 57.0 Å². The third-order valence-corrected chi connectivity index (χ3v) is 5.81. The Morgan fingerprint density at radius 2 is 1.77 bits per heavy atom. The van der Waals surface area contributed by atoms with Crippen LogP contribution in [-0.2, 0) is 0 Å². The van der Waals surface area contributed by atoms with Crippen molar-refractivity contribution in [2.75, 3.05) is 13.1 Å². The molecule has 30 heavy (non-hydrogen) atoms. The molecule has 1 aliphatic rings. The van der Waals surface area contributed by atoms with Crippen LogP contribution in [0.5, 0.6) is 0 Å². The number of carbonyl (C=O) groups is 1. The molecule has 0 aliphatic carbocycles. The van der Waals surface area contributed by atoms with E-state index in [1.165, 1.54) is 0 Å². The SMILES string of the molecule is Cc1cc(C)n(-c2ccccc2C(=O)N2CCC(c3nc4ccccc4o3)CC2)n1. The molecule has 1 amide bonds. The van der Waals surface area contributed by atoms with Gasteiger partial charge in [0.2, 0.25) is 0 Å². The Morgan fingerprint density at radius 3 is 2.50 bits per heavy atom. The van der Waals surface area contributed by atoms with Gasteiger partial charge in [0.05, 0.1) is 16.9 Å². The first-order chi connectivity index (χ1) is 14.6. The van der Waals surface area contributed by atoms with Crippen molar-refractivity contribution in [1.82, 2.24) is 19.7 Å². The van der Waals surface area contributed by atoms with Gasteiger partial charge in [-0.25, -0.2) is 9.67 Å². The molecule has 0 atom stereocenters. The maximum Gasteiger partial charge on any atom is 0.256 e. The molecule has 0 spiro atoms. The van der Waals surface area contributed by atoms with Gasteiger partial charge in [-0.2, -0.15) is 5.10 Å². The molecule has 6 heteroatoms. The smallest absolute Gasteiger partial charge is 0.256 e. The molecule has 152 valence electrons. The zero-order valence-corrected chi connectivity index (χ0v) is 17.2. The second-order valence-corrected chi connectivity index (χ2v) is 7.94. The van der Waals surface area contributed by atoms with Crippen LogP contribution in [0.4, 0.5) is 0 Å². The van der Waals surface area contributed by atoms with Crippen molar-refractivity contribution in [1.29, 1.82) is 0 Å². The summed E-state index contributed by atoms with van der Waals surface area (Å²) in [4.78, 5) is 19.9. The summed E-state index contributed by atoms with van der Waals surface area (Å²) >= 11 is 0. The van der Waals surface area contributed by atoms with Crippen molar-refractivity contribution in [3.05, 3.63) is 77.4 Å². The Kier molecular flexibility index (Phi) is 4.62. The second kappa shape index (κ2) is 7.44. The highest BCUT2D eigenvalue weighted by Crippen LogP contribution is 2.31. The van der Waals surface area contributed by atoms with Crippen LogP contribution in [0.2, 0.25) is 0 Å². The van der Waals surface area contributed by atoms with Crippen molar-refractivity contribution in [2.24, 2.45) is 0 Å². The van der Waals surface area contributed by atoms with Gasteiger partial charge in [-0.3, -0.25) is 4.79 Å². The standard InChI is InChI=1S/C24H24N4O2/c1-16-15-17(2)28(26-16)21-9-5-3-7-19(21)24(29)27-13-11-18(12-14-27)23-25-20-8-4-6-10-22(20)30-23/h3-10,15,18H,11-14H2,1-2H3. The number of fused-ring (bicyclic) bond motifs is 1. The van der Waals surface area contributed by atoms with E-state index >= 15 is 0 Å². The minimum Gasteiger partial charge on any atom is -0.440 e. The number of aromatic nitrogens is 3. The van der Waals surface area contributed by atoms with Crippen LogP contribution in [0.15, 0.2) is 59.0 Å². The van der Waals surface area contributed by atoms with Gasteiger partial charge in [-0.1, -0.05) is 24.3 Å². The van der Waals surface area contributed by atoms with E-state index in [0.29, 0.717) is 18.7 Å². The van der Waals surface area contributed by atoms with Crippen LogP contribution in [0.3, 0.4) is 0 Å². The van der Waals surface area contributed by atoms with Crippen molar-refractivity contribution < 1.29 is 9.21 Å². The van der Waals surface area contributed by atoms with E-state index in [2.05, 4.69) is 10.1 Å². The van der Waals surface area contributed by atoms with E-state index in [4.69, 9.17) is 4.42 Å². The van der Waals surface area contributed by atoms with Gasteiger partial charge >= 0.3 is 0 Å². The monoisotopic (exact) mass is 400 g/mol. The predicted octanol–water partition coefficient (Wildman–Crippen LogP) is 4.65. The summed E-state index contributed by atoms with van der Waals surface area (Å²) in [5.41, 5.74) is 5.18. The van der Waals surface area contributed by atoms with Gasteiger partial charge in [0.15, 0.2) is 11.5 Å². The predicted molar refractivity (Wildman–Crippen MR) is 115 cm³/mol. The fourth-order valence-corrected chi connectivity index (χ4v) is 4.28. The van der Waals surface area contributed by atoms with E-state index in [-0.39, 0.29) is 11.8 Å². The largest absolute Gasteiger partial charge is 0.440 e. The number of rotatable bonds is 3. The first kappa shape index (κ1) is 18.6. The van der Waals surface area contributed by atoms with Crippen LogP contribution >= 0.6 is 0 Å². The number of oxazole rings is 1. The maximum atomic E-state index is 13.3. The molecule has 1 fully saturated rings. The molecule has 0 bridgehead atoms. The van der Waals surface area contributed by atoms with Crippen LogP contribution in [-0.4, -0.2) is 38.7 Å². The molecule has 6 nitrogen and oxygen atoms in total. The Bertz CT molecular complexity index is 1180. The van der Waals surface area contributed by atoms with Gasteiger partial charge < -0.3 is 9.32 Å². The average molecular weight is 400 g/mol. The summed E-state index contributed by atoms with van der Waals surface area (Å²) < 4.78 is 7.81. The highest BCUT2D eigenvalue weighted by molar-refractivity contribution is 5.97. The average Bonchev–Trinajstić information content (AvgIpc) is 3.36. The molecule has 3 heterocycles. The first-order valence-corrected chi connectivity index (χ1v) is 10.4. The minimum atomic E-state index is 0.0502. The van der Waals surface area contributed by atoms with Gasteiger partial charge in [0.1, 0.15) is 5.52 Å². The Labute approximate surface area is 175 Å². The molecule has 2 aromatic heterocycles. The van der Waals surface area contributed by atoms with Crippen molar-refractivity contribution in [2.45, 2.75) is 32.6 Å². The number of hydrogen-bond acceptors (Lipinski definition) is 4. The van der Waals surface area contributed by atoms with Crippen LogP contribution in [0.1, 0.15) is 46.4 Å². The van der Waals surface area contributed by atoms with Crippen LogP contribution in [0.25, 0.3) is 16.8 Å². The second-order valence-electron chi connectivity index (χ2n) is 7.94. The zero-order valence-electron chi connectivity index (χ0n) is 17.2. The quantitative estimate of drug-likeness (QED) is 0.502. The molecule has 4 aromatic rings. The lowest BCUT2D eigenvalue weighted by atomic mass is 9.96. The Hall–Kier alpha value is -3.41. The molecule has 5 rings (SSSR count). The molecular formula is C24H24N4O2. The number of likely N-dealkylation sites (tertiary alicyclic amines) is 1. The van der Waals surface area contributed by atoms with Crippen LogP contribution in [0, 0.1) is 13.8 Å². The lowest BCUT2D eigenvalue weighted by molar-refractivity contribution is 0.0706. The summed E-state index contributed by atoms with van der Waals surface area (Å²) in [5, 5.41) is 4.57. The number of piperidine rings is 1.